The zero-order valence-corrected chi connectivity index (χ0v) is 17.4. The van der Waals surface area contributed by atoms with Crippen LogP contribution in [-0.4, -0.2) is 21.8 Å². The largest absolute Gasteiger partial charge is 0.431 e. The number of amides is 2. The van der Waals surface area contributed by atoms with Gasteiger partial charge < -0.3 is 15.8 Å². The summed E-state index contributed by atoms with van der Waals surface area (Å²) in [6.07, 6.45) is 0. The van der Waals surface area contributed by atoms with Crippen molar-refractivity contribution in [2.24, 2.45) is 5.73 Å². The Balaban J connectivity index is 1.62. The summed E-state index contributed by atoms with van der Waals surface area (Å²) >= 11 is 1.11. The number of pyridine rings is 1. The molecule has 8 nitrogen and oxygen atoms in total. The number of hydrogen-bond donors (Lipinski definition) is 2. The molecule has 2 aromatic carbocycles. The highest BCUT2D eigenvalue weighted by molar-refractivity contribution is 7.17. The van der Waals surface area contributed by atoms with Crippen molar-refractivity contribution in [3.8, 4) is 17.0 Å². The third-order valence-corrected chi connectivity index (χ3v) is 5.41. The first kappa shape index (κ1) is 20.9. The molecule has 0 saturated heterocycles. The van der Waals surface area contributed by atoms with Gasteiger partial charge in [-0.05, 0) is 49.4 Å². The lowest BCUT2D eigenvalue weighted by atomic mass is 10.1. The normalized spacial score (nSPS) is 10.5. The van der Waals surface area contributed by atoms with Crippen molar-refractivity contribution < 1.29 is 18.7 Å². The van der Waals surface area contributed by atoms with Gasteiger partial charge in [0.15, 0.2) is 0 Å². The average Bonchev–Trinajstić information content (AvgIpc) is 3.11. The number of anilines is 1. The number of nitrogens with zero attached hydrogens (tertiary/aromatic N) is 3. The molecule has 4 aromatic rings. The number of thiazole rings is 1. The highest BCUT2D eigenvalue weighted by Gasteiger charge is 2.19. The topological polar surface area (TPSA) is 131 Å². The fourth-order valence-corrected chi connectivity index (χ4v) is 3.75. The Bertz CT molecular complexity index is 1410. The summed E-state index contributed by atoms with van der Waals surface area (Å²) in [5, 5.41) is 12.7. The zero-order chi connectivity index (χ0) is 22.8. The lowest BCUT2D eigenvalue weighted by molar-refractivity contribution is 0.0996. The van der Waals surface area contributed by atoms with E-state index >= 15 is 0 Å². The van der Waals surface area contributed by atoms with Gasteiger partial charge in [0.25, 0.3) is 17.0 Å². The Morgan fingerprint density at radius 3 is 2.59 bits per heavy atom. The highest BCUT2D eigenvalue weighted by Crippen LogP contribution is 2.33. The molecular formula is C22H14FN5O3S. The molecule has 0 saturated carbocycles. The summed E-state index contributed by atoms with van der Waals surface area (Å²) in [6.45, 7) is 1.70. The molecule has 0 fully saturated rings. The second kappa shape index (κ2) is 8.41. The van der Waals surface area contributed by atoms with E-state index in [1.807, 2.05) is 6.07 Å². The molecule has 0 atom stereocenters. The first-order valence-electron chi connectivity index (χ1n) is 9.21. The SMILES string of the molecule is Cc1nc(Oc2ccc(C#N)cc2)sc1NC(=O)c1cc(C(N)=O)nc2cc(F)ccc12. The number of aromatic nitrogens is 2. The van der Waals surface area contributed by atoms with Gasteiger partial charge in [0.05, 0.1) is 28.4 Å². The number of ether oxygens (including phenoxy) is 1. The van der Waals surface area contributed by atoms with E-state index in [9.17, 15) is 14.0 Å². The van der Waals surface area contributed by atoms with Crippen molar-refractivity contribution in [2.75, 3.05) is 5.32 Å². The van der Waals surface area contributed by atoms with E-state index in [1.54, 1.807) is 31.2 Å². The molecule has 2 amide bonds. The van der Waals surface area contributed by atoms with Crippen LogP contribution in [0.25, 0.3) is 10.9 Å². The number of benzene rings is 2. The number of carbonyl (C=O) groups excluding carboxylic acids is 2. The molecule has 32 heavy (non-hydrogen) atoms. The molecule has 0 aliphatic carbocycles. The monoisotopic (exact) mass is 447 g/mol. The highest BCUT2D eigenvalue weighted by atomic mass is 32.1. The number of primary amides is 1. The predicted octanol–water partition coefficient (Wildman–Crippen LogP) is 4.15. The minimum absolute atomic E-state index is 0.117. The van der Waals surface area contributed by atoms with Crippen LogP contribution < -0.4 is 15.8 Å². The third-order valence-electron chi connectivity index (χ3n) is 4.46. The second-order valence-corrected chi connectivity index (χ2v) is 7.63. The smallest absolute Gasteiger partial charge is 0.280 e. The average molecular weight is 447 g/mol. The van der Waals surface area contributed by atoms with Gasteiger partial charge in [-0.1, -0.05) is 11.3 Å². The van der Waals surface area contributed by atoms with Crippen LogP contribution in [0.3, 0.4) is 0 Å². The van der Waals surface area contributed by atoms with Gasteiger partial charge in [0, 0.05) is 11.5 Å². The maximum atomic E-state index is 13.6. The second-order valence-electron chi connectivity index (χ2n) is 6.67. The Kier molecular flexibility index (Phi) is 5.49. The summed E-state index contributed by atoms with van der Waals surface area (Å²) in [6, 6.07) is 13.5. The maximum Gasteiger partial charge on any atom is 0.280 e. The van der Waals surface area contributed by atoms with Crippen LogP contribution in [0, 0.1) is 24.1 Å². The number of halogens is 1. The summed E-state index contributed by atoms with van der Waals surface area (Å²) in [4.78, 5) is 32.9. The fraction of sp³-hybridized carbons (Fsp3) is 0.0455. The number of carbonyl (C=O) groups is 2. The maximum absolute atomic E-state index is 13.6. The van der Waals surface area contributed by atoms with Gasteiger partial charge in [-0.3, -0.25) is 9.59 Å². The molecule has 2 aromatic heterocycles. The van der Waals surface area contributed by atoms with Crippen LogP contribution in [0.15, 0.2) is 48.5 Å². The lowest BCUT2D eigenvalue weighted by Crippen LogP contribution is -2.17. The molecule has 0 bridgehead atoms. The van der Waals surface area contributed by atoms with Crippen molar-refractivity contribution in [1.82, 2.24) is 9.97 Å². The third kappa shape index (κ3) is 4.23. The summed E-state index contributed by atoms with van der Waals surface area (Å²) in [7, 11) is 0. The molecule has 0 unspecified atom stereocenters. The van der Waals surface area contributed by atoms with Crippen molar-refractivity contribution in [3.63, 3.8) is 0 Å². The van der Waals surface area contributed by atoms with E-state index in [0.717, 1.165) is 17.4 Å². The molecule has 0 aliphatic rings. The Morgan fingerprint density at radius 1 is 1.16 bits per heavy atom. The summed E-state index contributed by atoms with van der Waals surface area (Å²) < 4.78 is 19.3. The Hall–Kier alpha value is -4.36. The Labute approximate surface area is 185 Å². The van der Waals surface area contributed by atoms with Crippen molar-refractivity contribution in [1.29, 1.82) is 5.26 Å². The molecule has 0 spiro atoms. The Morgan fingerprint density at radius 2 is 1.91 bits per heavy atom. The van der Waals surface area contributed by atoms with Crippen molar-refractivity contribution in [3.05, 3.63) is 76.9 Å². The van der Waals surface area contributed by atoms with Gasteiger partial charge in [0.1, 0.15) is 22.3 Å². The molecule has 2 heterocycles. The molecule has 10 heteroatoms. The van der Waals surface area contributed by atoms with Gasteiger partial charge in [-0.15, -0.1) is 0 Å². The number of nitriles is 1. The molecule has 3 N–H and O–H groups in total. The van der Waals surface area contributed by atoms with Crippen LogP contribution in [0.1, 0.15) is 32.1 Å². The standard InChI is InChI=1S/C22H14FN5O3S/c1-11-21(32-22(26-11)31-14-5-2-12(10-24)3-6-14)28-20(30)16-9-18(19(25)29)27-17-8-13(23)4-7-15(16)17/h2-9H,1H3,(H2,25,29)(H,28,30). The number of aryl methyl sites for hydroxylation is 1. The van der Waals surface area contributed by atoms with Crippen LogP contribution in [0.5, 0.6) is 10.9 Å². The van der Waals surface area contributed by atoms with Crippen LogP contribution in [0.4, 0.5) is 9.39 Å². The molecule has 0 aliphatic heterocycles. The number of nitrogens with two attached hydrogens (primary N) is 1. The predicted molar refractivity (Wildman–Crippen MR) is 116 cm³/mol. The summed E-state index contributed by atoms with van der Waals surface area (Å²) in [5.74, 6) is -1.44. The first-order valence-corrected chi connectivity index (χ1v) is 10.0. The molecule has 158 valence electrons. The minimum atomic E-state index is -0.836. The molecule has 4 rings (SSSR count). The summed E-state index contributed by atoms with van der Waals surface area (Å²) in [5.41, 5.74) is 6.43. The first-order chi connectivity index (χ1) is 15.3. The fourth-order valence-electron chi connectivity index (χ4n) is 2.92. The van der Waals surface area contributed by atoms with Crippen molar-refractivity contribution >= 4 is 39.1 Å². The molecule has 0 radical (unpaired) electrons. The number of rotatable bonds is 5. The van der Waals surface area contributed by atoms with Gasteiger partial charge in [-0.25, -0.2) is 14.4 Å². The van der Waals surface area contributed by atoms with Gasteiger partial charge >= 0.3 is 0 Å². The van der Waals surface area contributed by atoms with Crippen LogP contribution in [0.2, 0.25) is 0 Å². The van der Waals surface area contributed by atoms with Crippen molar-refractivity contribution in [2.45, 2.75) is 6.92 Å². The number of nitrogens with one attached hydrogen (secondary N) is 1. The van der Waals surface area contributed by atoms with E-state index in [1.165, 1.54) is 18.2 Å². The van der Waals surface area contributed by atoms with E-state index < -0.39 is 17.6 Å². The van der Waals surface area contributed by atoms with Crippen LogP contribution in [-0.2, 0) is 0 Å². The number of hydrogen-bond acceptors (Lipinski definition) is 7. The van der Waals surface area contributed by atoms with Gasteiger partial charge in [0.2, 0.25) is 0 Å². The lowest BCUT2D eigenvalue weighted by Gasteiger charge is -2.09. The quantitative estimate of drug-likeness (QED) is 0.472. The van der Waals surface area contributed by atoms with E-state index in [2.05, 4.69) is 15.3 Å². The molecular weight excluding hydrogens is 433 g/mol. The zero-order valence-electron chi connectivity index (χ0n) is 16.5. The van der Waals surface area contributed by atoms with Gasteiger partial charge in [-0.2, -0.15) is 5.26 Å². The number of fused-ring (bicyclic) bond motifs is 1. The minimum Gasteiger partial charge on any atom is -0.431 e. The van der Waals surface area contributed by atoms with E-state index in [0.29, 0.717) is 32.6 Å². The van der Waals surface area contributed by atoms with E-state index in [4.69, 9.17) is 15.7 Å². The van der Waals surface area contributed by atoms with E-state index in [-0.39, 0.29) is 16.8 Å². The van der Waals surface area contributed by atoms with Crippen LogP contribution >= 0.6 is 11.3 Å².